The minimum atomic E-state index is -0.221. The Hall–Kier alpha value is -1.69. The Labute approximate surface area is 142 Å². The van der Waals surface area contributed by atoms with Crippen LogP contribution >= 0.6 is 0 Å². The van der Waals surface area contributed by atoms with Crippen LogP contribution in [-0.2, 0) is 9.53 Å². The fourth-order valence-corrected chi connectivity index (χ4v) is 4.03. The van der Waals surface area contributed by atoms with E-state index < -0.39 is 0 Å². The number of carbonyl (C=O) groups is 1. The molecule has 3 rings (SSSR count). The first kappa shape index (κ1) is 17.1. The molecule has 6 nitrogen and oxygen atoms in total. The molecule has 1 aromatic rings. The van der Waals surface area contributed by atoms with Crippen molar-refractivity contribution in [1.29, 1.82) is 0 Å². The van der Waals surface area contributed by atoms with E-state index in [9.17, 15) is 9.59 Å². The zero-order valence-corrected chi connectivity index (χ0v) is 14.4. The van der Waals surface area contributed by atoms with Crippen molar-refractivity contribution < 1.29 is 9.53 Å². The molecule has 1 saturated heterocycles. The van der Waals surface area contributed by atoms with Crippen molar-refractivity contribution >= 4 is 5.91 Å². The SMILES string of the molecule is CCC1CCCCC1OCC(=O)N1CCCC1c1ccc(=O)[nH]n1. The minimum Gasteiger partial charge on any atom is -0.368 e. The number of nitrogens with zero attached hydrogens (tertiary/aromatic N) is 2. The number of H-pyrrole nitrogens is 1. The van der Waals surface area contributed by atoms with Gasteiger partial charge in [0.2, 0.25) is 5.91 Å². The Kier molecular flexibility index (Phi) is 5.66. The number of hydrogen-bond acceptors (Lipinski definition) is 4. The molecule has 3 atom stereocenters. The summed E-state index contributed by atoms with van der Waals surface area (Å²) in [4.78, 5) is 25.7. The van der Waals surface area contributed by atoms with Crippen molar-refractivity contribution in [3.63, 3.8) is 0 Å². The molecule has 1 aromatic heterocycles. The Morgan fingerprint density at radius 3 is 2.88 bits per heavy atom. The second-order valence-electron chi connectivity index (χ2n) is 6.89. The number of carbonyl (C=O) groups excluding carboxylic acids is 1. The van der Waals surface area contributed by atoms with Crippen molar-refractivity contribution in [1.82, 2.24) is 15.1 Å². The van der Waals surface area contributed by atoms with Crippen LogP contribution in [0.3, 0.4) is 0 Å². The van der Waals surface area contributed by atoms with Gasteiger partial charge in [-0.15, -0.1) is 0 Å². The van der Waals surface area contributed by atoms with Crippen LogP contribution in [0.15, 0.2) is 16.9 Å². The highest BCUT2D eigenvalue weighted by Gasteiger charge is 2.32. The number of aromatic amines is 1. The molecule has 2 fully saturated rings. The van der Waals surface area contributed by atoms with Crippen molar-refractivity contribution in [2.45, 2.75) is 64.0 Å². The summed E-state index contributed by atoms with van der Waals surface area (Å²) < 4.78 is 5.99. The fraction of sp³-hybridized carbons (Fsp3) is 0.722. The lowest BCUT2D eigenvalue weighted by atomic mass is 9.85. The molecule has 6 heteroatoms. The van der Waals surface area contributed by atoms with Crippen LogP contribution in [0.4, 0.5) is 0 Å². The van der Waals surface area contributed by atoms with Gasteiger partial charge in [-0.25, -0.2) is 5.10 Å². The van der Waals surface area contributed by atoms with Gasteiger partial charge in [-0.05, 0) is 37.7 Å². The monoisotopic (exact) mass is 333 g/mol. The molecule has 0 spiro atoms. The van der Waals surface area contributed by atoms with Gasteiger partial charge in [0.05, 0.1) is 17.8 Å². The lowest BCUT2D eigenvalue weighted by Gasteiger charge is -2.31. The fourth-order valence-electron chi connectivity index (χ4n) is 4.03. The van der Waals surface area contributed by atoms with E-state index in [2.05, 4.69) is 17.1 Å². The molecule has 1 aliphatic carbocycles. The standard InChI is InChI=1S/C18H27N3O3/c1-2-13-6-3-4-8-16(13)24-12-18(23)21-11-5-7-15(21)14-9-10-17(22)20-19-14/h9-10,13,15-16H,2-8,11-12H2,1H3,(H,20,22). The third kappa shape index (κ3) is 3.86. The maximum absolute atomic E-state index is 12.6. The summed E-state index contributed by atoms with van der Waals surface area (Å²) in [7, 11) is 0. The van der Waals surface area contributed by atoms with Crippen molar-refractivity contribution in [3.05, 3.63) is 28.2 Å². The quantitative estimate of drug-likeness (QED) is 0.898. The molecule has 1 saturated carbocycles. The molecular weight excluding hydrogens is 306 g/mol. The maximum Gasteiger partial charge on any atom is 0.264 e. The number of amides is 1. The highest BCUT2D eigenvalue weighted by Crippen LogP contribution is 2.32. The lowest BCUT2D eigenvalue weighted by Crippen LogP contribution is -2.37. The Morgan fingerprint density at radius 1 is 1.29 bits per heavy atom. The van der Waals surface area contributed by atoms with Gasteiger partial charge in [0.1, 0.15) is 6.61 Å². The van der Waals surface area contributed by atoms with Crippen molar-refractivity contribution in [3.8, 4) is 0 Å². The van der Waals surface area contributed by atoms with Crippen LogP contribution in [0.2, 0.25) is 0 Å². The smallest absolute Gasteiger partial charge is 0.264 e. The molecule has 1 N–H and O–H groups in total. The van der Waals surface area contributed by atoms with Crippen LogP contribution in [0.1, 0.15) is 63.6 Å². The highest BCUT2D eigenvalue weighted by molar-refractivity contribution is 5.78. The average Bonchev–Trinajstić information content (AvgIpc) is 3.10. The topological polar surface area (TPSA) is 75.3 Å². The molecule has 3 unspecified atom stereocenters. The molecule has 2 heterocycles. The van der Waals surface area contributed by atoms with E-state index in [1.54, 1.807) is 6.07 Å². The zero-order valence-electron chi connectivity index (χ0n) is 14.4. The van der Waals surface area contributed by atoms with Gasteiger partial charge in [0.25, 0.3) is 5.56 Å². The molecule has 0 radical (unpaired) electrons. The first-order valence-electron chi connectivity index (χ1n) is 9.15. The van der Waals surface area contributed by atoms with E-state index in [0.717, 1.165) is 37.9 Å². The van der Waals surface area contributed by atoms with Gasteiger partial charge >= 0.3 is 0 Å². The van der Waals surface area contributed by atoms with Gasteiger partial charge in [-0.2, -0.15) is 5.10 Å². The van der Waals surface area contributed by atoms with E-state index in [4.69, 9.17) is 4.74 Å². The summed E-state index contributed by atoms with van der Waals surface area (Å²) in [5.41, 5.74) is 0.533. The summed E-state index contributed by atoms with van der Waals surface area (Å²) in [5.74, 6) is 0.618. The predicted molar refractivity (Wildman–Crippen MR) is 90.5 cm³/mol. The van der Waals surface area contributed by atoms with Crippen LogP contribution < -0.4 is 5.56 Å². The number of rotatable bonds is 5. The summed E-state index contributed by atoms with van der Waals surface area (Å²) in [6.45, 7) is 3.09. The summed E-state index contributed by atoms with van der Waals surface area (Å²) in [6.07, 6.45) is 7.93. The van der Waals surface area contributed by atoms with E-state index in [1.807, 2.05) is 4.90 Å². The highest BCUT2D eigenvalue weighted by atomic mass is 16.5. The second-order valence-corrected chi connectivity index (χ2v) is 6.89. The molecular formula is C18H27N3O3. The van der Waals surface area contributed by atoms with Gasteiger partial charge in [0, 0.05) is 12.6 Å². The summed E-state index contributed by atoms with van der Waals surface area (Å²) in [5, 5.41) is 6.55. The van der Waals surface area contributed by atoms with Crippen LogP contribution in [0, 0.1) is 5.92 Å². The van der Waals surface area contributed by atoms with Crippen LogP contribution in [0.5, 0.6) is 0 Å². The van der Waals surface area contributed by atoms with Crippen molar-refractivity contribution in [2.24, 2.45) is 5.92 Å². The molecule has 2 aliphatic rings. The molecule has 1 aliphatic heterocycles. The number of likely N-dealkylation sites (tertiary alicyclic amines) is 1. The second kappa shape index (κ2) is 7.92. The number of ether oxygens (including phenoxy) is 1. The van der Waals surface area contributed by atoms with Gasteiger partial charge in [-0.1, -0.05) is 26.2 Å². The largest absolute Gasteiger partial charge is 0.368 e. The first-order chi connectivity index (χ1) is 11.7. The van der Waals surface area contributed by atoms with Crippen LogP contribution in [0.25, 0.3) is 0 Å². The van der Waals surface area contributed by atoms with E-state index in [-0.39, 0.29) is 30.2 Å². The molecule has 1 amide bonds. The molecule has 0 aromatic carbocycles. The Bertz CT molecular complexity index is 595. The molecule has 24 heavy (non-hydrogen) atoms. The van der Waals surface area contributed by atoms with Gasteiger partial charge in [-0.3, -0.25) is 9.59 Å². The Balaban J connectivity index is 1.59. The summed E-state index contributed by atoms with van der Waals surface area (Å²) in [6, 6.07) is 3.13. The first-order valence-corrected chi connectivity index (χ1v) is 9.15. The van der Waals surface area contributed by atoms with Crippen molar-refractivity contribution in [2.75, 3.05) is 13.2 Å². The number of aromatic nitrogens is 2. The predicted octanol–water partition coefficient (Wildman–Crippen LogP) is 2.42. The van der Waals surface area contributed by atoms with Crippen LogP contribution in [-0.4, -0.2) is 40.3 Å². The summed E-state index contributed by atoms with van der Waals surface area (Å²) >= 11 is 0. The third-order valence-electron chi connectivity index (χ3n) is 5.40. The molecule has 0 bridgehead atoms. The van der Waals surface area contributed by atoms with E-state index >= 15 is 0 Å². The number of nitrogens with one attached hydrogen (secondary N) is 1. The minimum absolute atomic E-state index is 0.0333. The maximum atomic E-state index is 12.6. The van der Waals surface area contributed by atoms with Gasteiger partial charge in [0.15, 0.2) is 0 Å². The normalized spacial score (nSPS) is 27.4. The number of hydrogen-bond donors (Lipinski definition) is 1. The average molecular weight is 333 g/mol. The molecule has 132 valence electrons. The zero-order chi connectivity index (χ0) is 16.9. The van der Waals surface area contributed by atoms with E-state index in [1.165, 1.54) is 25.3 Å². The van der Waals surface area contributed by atoms with Gasteiger partial charge < -0.3 is 9.64 Å². The lowest BCUT2D eigenvalue weighted by molar-refractivity contribution is -0.141. The van der Waals surface area contributed by atoms with E-state index in [0.29, 0.717) is 5.92 Å². The third-order valence-corrected chi connectivity index (χ3v) is 5.40. The Morgan fingerprint density at radius 2 is 2.12 bits per heavy atom.